The number of carbonyl (C=O) groups is 2. The molecule has 0 bridgehead atoms. The first kappa shape index (κ1) is 28.0. The number of esters is 1. The van der Waals surface area contributed by atoms with E-state index >= 15 is 0 Å². The van der Waals surface area contributed by atoms with Crippen LogP contribution in [0.25, 0.3) is 0 Å². The van der Waals surface area contributed by atoms with Gasteiger partial charge in [0.15, 0.2) is 6.61 Å². The van der Waals surface area contributed by atoms with E-state index in [4.69, 9.17) is 4.74 Å². The number of amides is 1. The number of ether oxygens (including phenoxy) is 1. The Labute approximate surface area is 234 Å². The van der Waals surface area contributed by atoms with E-state index in [1.807, 2.05) is 36.4 Å². The summed E-state index contributed by atoms with van der Waals surface area (Å²) >= 11 is 0. The van der Waals surface area contributed by atoms with Crippen molar-refractivity contribution in [3.8, 4) is 0 Å². The molecule has 1 amide bonds. The van der Waals surface area contributed by atoms with Gasteiger partial charge in [-0.2, -0.15) is 4.31 Å². The predicted octanol–water partition coefficient (Wildman–Crippen LogP) is 4.53. The molecule has 0 saturated carbocycles. The van der Waals surface area contributed by atoms with Gasteiger partial charge < -0.3 is 9.64 Å². The molecule has 0 aliphatic carbocycles. The number of rotatable bonds is 8. The predicted molar refractivity (Wildman–Crippen MR) is 148 cm³/mol. The summed E-state index contributed by atoms with van der Waals surface area (Å²) in [6, 6.07) is 21.6. The first-order valence-electron chi connectivity index (χ1n) is 13.6. The van der Waals surface area contributed by atoms with Crippen LogP contribution in [-0.4, -0.2) is 55.7 Å². The lowest BCUT2D eigenvalue weighted by Crippen LogP contribution is -2.42. The van der Waals surface area contributed by atoms with Crippen molar-refractivity contribution in [2.45, 2.75) is 43.0 Å². The summed E-state index contributed by atoms with van der Waals surface area (Å²) in [7, 11) is -4.01. The molecule has 0 spiro atoms. The van der Waals surface area contributed by atoms with Crippen molar-refractivity contribution < 1.29 is 27.1 Å². The van der Waals surface area contributed by atoms with Gasteiger partial charge in [0.2, 0.25) is 10.0 Å². The van der Waals surface area contributed by atoms with E-state index in [-0.39, 0.29) is 30.4 Å². The van der Waals surface area contributed by atoms with Crippen LogP contribution < -0.4 is 0 Å². The van der Waals surface area contributed by atoms with Gasteiger partial charge in [0.1, 0.15) is 5.82 Å². The monoisotopic (exact) mass is 564 g/mol. The minimum Gasteiger partial charge on any atom is -0.456 e. The molecule has 2 aliphatic rings. The van der Waals surface area contributed by atoms with E-state index in [1.165, 1.54) is 22.0 Å². The third-order valence-electron chi connectivity index (χ3n) is 7.83. The highest BCUT2D eigenvalue weighted by Gasteiger charge is 2.38. The first-order valence-corrected chi connectivity index (χ1v) is 15.1. The maximum absolute atomic E-state index is 13.5. The molecule has 0 aromatic heterocycles. The van der Waals surface area contributed by atoms with Gasteiger partial charge in [-0.3, -0.25) is 9.59 Å². The highest BCUT2D eigenvalue weighted by Crippen LogP contribution is 2.36. The number of piperidine rings is 1. The largest absolute Gasteiger partial charge is 0.456 e. The fraction of sp³-hybridized carbons (Fsp3) is 0.355. The van der Waals surface area contributed by atoms with Crippen LogP contribution in [0.1, 0.15) is 42.0 Å². The van der Waals surface area contributed by atoms with Gasteiger partial charge in [0, 0.05) is 19.6 Å². The molecule has 0 radical (unpaired) electrons. The number of nitrogens with zero attached hydrogens (tertiary/aromatic N) is 2. The Morgan fingerprint density at radius 2 is 1.55 bits per heavy atom. The van der Waals surface area contributed by atoms with Crippen LogP contribution in [0.5, 0.6) is 0 Å². The minimum atomic E-state index is -4.01. The number of fused-ring (bicyclic) bond motifs is 1. The maximum Gasteiger partial charge on any atom is 0.308 e. The molecule has 210 valence electrons. The van der Waals surface area contributed by atoms with Crippen molar-refractivity contribution >= 4 is 21.9 Å². The molecule has 0 N–H and O–H groups in total. The summed E-state index contributed by atoms with van der Waals surface area (Å²) in [5.74, 6) is -0.915. The van der Waals surface area contributed by atoms with Crippen LogP contribution >= 0.6 is 0 Å². The Morgan fingerprint density at radius 1 is 0.875 bits per heavy atom. The van der Waals surface area contributed by atoms with Crippen LogP contribution in [0.3, 0.4) is 0 Å². The van der Waals surface area contributed by atoms with Crippen LogP contribution in [0.2, 0.25) is 0 Å². The summed E-state index contributed by atoms with van der Waals surface area (Å²) in [6.07, 6.45) is 3.02. The third-order valence-corrected chi connectivity index (χ3v) is 9.76. The fourth-order valence-electron chi connectivity index (χ4n) is 5.65. The van der Waals surface area contributed by atoms with Gasteiger partial charge in [-0.1, -0.05) is 54.6 Å². The summed E-state index contributed by atoms with van der Waals surface area (Å²) in [5.41, 5.74) is 2.98. The van der Waals surface area contributed by atoms with E-state index in [0.29, 0.717) is 25.4 Å². The number of halogens is 1. The van der Waals surface area contributed by atoms with Crippen LogP contribution in [-0.2, 0) is 37.2 Å². The molecular formula is C31H33FN2O5S. The van der Waals surface area contributed by atoms with Crippen molar-refractivity contribution in [2.24, 2.45) is 5.92 Å². The van der Waals surface area contributed by atoms with Crippen molar-refractivity contribution in [1.29, 1.82) is 0 Å². The standard InChI is InChI=1S/C31H33FN2O5S/c32-26-10-12-27(13-11-26)40(37,38)34-19-16-25-8-4-5-9-28(25)29(34)21-31(36)39-22-30(35)33-17-14-24(15-18-33)20-23-6-2-1-3-7-23/h1-13,24,29H,14-22H2. The van der Waals surface area contributed by atoms with E-state index < -0.39 is 27.9 Å². The Morgan fingerprint density at radius 3 is 2.27 bits per heavy atom. The number of likely N-dealkylation sites (tertiary alicyclic amines) is 1. The van der Waals surface area contributed by atoms with E-state index in [2.05, 4.69) is 12.1 Å². The van der Waals surface area contributed by atoms with E-state index in [9.17, 15) is 22.4 Å². The number of benzene rings is 3. The Bertz CT molecular complexity index is 1440. The number of hydrogen-bond acceptors (Lipinski definition) is 5. The summed E-state index contributed by atoms with van der Waals surface area (Å²) in [4.78, 5) is 27.4. The fourth-order valence-corrected chi connectivity index (χ4v) is 7.26. The van der Waals surface area contributed by atoms with Crippen LogP contribution in [0, 0.1) is 11.7 Å². The molecule has 3 aromatic carbocycles. The maximum atomic E-state index is 13.5. The number of carbonyl (C=O) groups excluding carboxylic acids is 2. The third kappa shape index (κ3) is 6.42. The molecule has 7 nitrogen and oxygen atoms in total. The molecule has 1 saturated heterocycles. The Kier molecular flexibility index (Phi) is 8.61. The van der Waals surface area contributed by atoms with Gasteiger partial charge in [0.05, 0.1) is 17.4 Å². The molecule has 1 unspecified atom stereocenters. The summed E-state index contributed by atoms with van der Waals surface area (Å²) in [6.45, 7) is 1.04. The minimum absolute atomic E-state index is 0.0440. The molecule has 40 heavy (non-hydrogen) atoms. The average molecular weight is 565 g/mol. The SMILES string of the molecule is O=C(CC1c2ccccc2CCN1S(=O)(=O)c1ccc(F)cc1)OCC(=O)N1CCC(Cc2ccccc2)CC1. The Balaban J connectivity index is 1.20. The normalized spacial score (nSPS) is 18.2. The Hall–Kier alpha value is -3.56. The molecule has 2 aliphatic heterocycles. The van der Waals surface area contributed by atoms with Crippen molar-refractivity contribution in [3.05, 3.63) is 101 Å². The molecule has 2 heterocycles. The van der Waals surface area contributed by atoms with Crippen molar-refractivity contribution in [2.75, 3.05) is 26.2 Å². The molecule has 3 aromatic rings. The summed E-state index contributed by atoms with van der Waals surface area (Å²) < 4.78 is 47.1. The lowest BCUT2D eigenvalue weighted by molar-refractivity contribution is -0.153. The van der Waals surface area contributed by atoms with Gasteiger partial charge in [-0.15, -0.1) is 0 Å². The molecule has 1 fully saturated rings. The van der Waals surface area contributed by atoms with Gasteiger partial charge in [-0.05, 0) is 72.6 Å². The van der Waals surface area contributed by atoms with E-state index in [1.54, 1.807) is 11.0 Å². The molecule has 9 heteroatoms. The number of sulfonamides is 1. The van der Waals surface area contributed by atoms with Gasteiger partial charge in [0.25, 0.3) is 5.91 Å². The van der Waals surface area contributed by atoms with Crippen LogP contribution in [0.4, 0.5) is 4.39 Å². The molecular weight excluding hydrogens is 531 g/mol. The quantitative estimate of drug-likeness (QED) is 0.376. The number of hydrogen-bond donors (Lipinski definition) is 0. The zero-order chi connectivity index (χ0) is 28.1. The second kappa shape index (κ2) is 12.3. The average Bonchev–Trinajstić information content (AvgIpc) is 2.97. The second-order valence-corrected chi connectivity index (χ2v) is 12.3. The highest BCUT2D eigenvalue weighted by molar-refractivity contribution is 7.89. The van der Waals surface area contributed by atoms with Gasteiger partial charge in [-0.25, -0.2) is 12.8 Å². The van der Waals surface area contributed by atoms with Gasteiger partial charge >= 0.3 is 5.97 Å². The lowest BCUT2D eigenvalue weighted by atomic mass is 9.90. The van der Waals surface area contributed by atoms with Crippen molar-refractivity contribution in [1.82, 2.24) is 9.21 Å². The van der Waals surface area contributed by atoms with Crippen LogP contribution in [0.15, 0.2) is 83.8 Å². The highest BCUT2D eigenvalue weighted by atomic mass is 32.2. The first-order chi connectivity index (χ1) is 19.3. The topological polar surface area (TPSA) is 84.0 Å². The summed E-state index contributed by atoms with van der Waals surface area (Å²) in [5, 5.41) is 0. The zero-order valence-corrected chi connectivity index (χ0v) is 23.1. The smallest absolute Gasteiger partial charge is 0.308 e. The second-order valence-electron chi connectivity index (χ2n) is 10.4. The molecule has 5 rings (SSSR count). The van der Waals surface area contributed by atoms with Crippen molar-refractivity contribution in [3.63, 3.8) is 0 Å². The lowest BCUT2D eigenvalue weighted by Gasteiger charge is -2.36. The zero-order valence-electron chi connectivity index (χ0n) is 22.2. The molecule has 1 atom stereocenters. The van der Waals surface area contributed by atoms with E-state index in [0.717, 1.165) is 42.5 Å².